The molecule has 2 heterocycles. The average molecular weight is 263 g/mol. The first-order chi connectivity index (χ1) is 9.38. The molecule has 5 heteroatoms. The van der Waals surface area contributed by atoms with Crippen molar-refractivity contribution in [3.8, 4) is 0 Å². The van der Waals surface area contributed by atoms with E-state index in [9.17, 15) is 0 Å². The van der Waals surface area contributed by atoms with E-state index in [1.165, 1.54) is 32.4 Å². The summed E-state index contributed by atoms with van der Waals surface area (Å²) in [6.07, 6.45) is 6.79. The van der Waals surface area contributed by atoms with Crippen molar-refractivity contribution < 1.29 is 0 Å². The highest BCUT2D eigenvalue weighted by atomic mass is 15.1. The number of piperidine rings is 1. The van der Waals surface area contributed by atoms with E-state index in [1.54, 1.807) is 6.33 Å². The molecule has 19 heavy (non-hydrogen) atoms. The quantitative estimate of drug-likeness (QED) is 0.790. The highest BCUT2D eigenvalue weighted by Gasteiger charge is 2.09. The lowest BCUT2D eigenvalue weighted by Crippen LogP contribution is -2.33. The Morgan fingerprint density at radius 1 is 1.05 bits per heavy atom. The van der Waals surface area contributed by atoms with Gasteiger partial charge in [-0.05, 0) is 32.4 Å². The van der Waals surface area contributed by atoms with E-state index in [-0.39, 0.29) is 0 Å². The SMILES string of the molecule is CCCNc1cc(NCCN2CCCCC2)ncn1. The van der Waals surface area contributed by atoms with Gasteiger partial charge in [0.05, 0.1) is 0 Å². The second-order valence-corrected chi connectivity index (χ2v) is 5.04. The summed E-state index contributed by atoms with van der Waals surface area (Å²) in [5.41, 5.74) is 0. The largest absolute Gasteiger partial charge is 0.370 e. The molecule has 1 saturated heterocycles. The molecule has 0 unspecified atom stereocenters. The minimum Gasteiger partial charge on any atom is -0.370 e. The van der Waals surface area contributed by atoms with Gasteiger partial charge >= 0.3 is 0 Å². The van der Waals surface area contributed by atoms with Crippen LogP contribution in [-0.2, 0) is 0 Å². The van der Waals surface area contributed by atoms with Crippen LogP contribution in [0, 0.1) is 0 Å². The minimum absolute atomic E-state index is 0.900. The molecule has 1 aromatic heterocycles. The molecule has 1 aromatic rings. The number of nitrogens with zero attached hydrogens (tertiary/aromatic N) is 3. The maximum atomic E-state index is 4.25. The van der Waals surface area contributed by atoms with Crippen LogP contribution in [0.3, 0.4) is 0 Å². The van der Waals surface area contributed by atoms with Crippen molar-refractivity contribution in [2.75, 3.05) is 43.4 Å². The zero-order valence-electron chi connectivity index (χ0n) is 11.9. The van der Waals surface area contributed by atoms with Crippen LogP contribution < -0.4 is 10.6 Å². The zero-order chi connectivity index (χ0) is 13.3. The Hall–Kier alpha value is -1.36. The van der Waals surface area contributed by atoms with Gasteiger partial charge in [0.1, 0.15) is 18.0 Å². The van der Waals surface area contributed by atoms with E-state index in [0.717, 1.165) is 37.7 Å². The van der Waals surface area contributed by atoms with Crippen molar-refractivity contribution >= 4 is 11.6 Å². The fourth-order valence-corrected chi connectivity index (χ4v) is 2.33. The Morgan fingerprint density at radius 2 is 1.74 bits per heavy atom. The molecular weight excluding hydrogens is 238 g/mol. The van der Waals surface area contributed by atoms with Crippen molar-refractivity contribution in [2.24, 2.45) is 0 Å². The predicted octanol–water partition coefficient (Wildman–Crippen LogP) is 2.20. The van der Waals surface area contributed by atoms with Crippen LogP contribution in [-0.4, -0.2) is 47.6 Å². The van der Waals surface area contributed by atoms with E-state index in [2.05, 4.69) is 32.4 Å². The summed E-state index contributed by atoms with van der Waals surface area (Å²) in [7, 11) is 0. The molecule has 0 aromatic carbocycles. The molecule has 0 bridgehead atoms. The van der Waals surface area contributed by atoms with E-state index in [0.29, 0.717) is 0 Å². The summed E-state index contributed by atoms with van der Waals surface area (Å²) in [6, 6.07) is 1.98. The Bertz CT molecular complexity index is 363. The van der Waals surface area contributed by atoms with Gasteiger partial charge in [-0.1, -0.05) is 13.3 Å². The number of rotatable bonds is 7. The maximum Gasteiger partial charge on any atom is 0.131 e. The second kappa shape index (κ2) is 7.94. The Balaban J connectivity index is 1.72. The highest BCUT2D eigenvalue weighted by molar-refractivity contribution is 5.46. The molecule has 5 nitrogen and oxygen atoms in total. The smallest absolute Gasteiger partial charge is 0.131 e. The maximum absolute atomic E-state index is 4.25. The first-order valence-electron chi connectivity index (χ1n) is 7.40. The van der Waals surface area contributed by atoms with Gasteiger partial charge in [-0.3, -0.25) is 0 Å². The van der Waals surface area contributed by atoms with Crippen LogP contribution >= 0.6 is 0 Å². The third-order valence-corrected chi connectivity index (χ3v) is 3.41. The zero-order valence-corrected chi connectivity index (χ0v) is 11.9. The van der Waals surface area contributed by atoms with E-state index in [4.69, 9.17) is 0 Å². The molecular formula is C14H25N5. The number of nitrogens with one attached hydrogen (secondary N) is 2. The molecule has 0 spiro atoms. The summed E-state index contributed by atoms with van der Waals surface area (Å²) in [5.74, 6) is 1.81. The first kappa shape index (κ1) is 14.1. The molecule has 0 aliphatic carbocycles. The van der Waals surface area contributed by atoms with Crippen molar-refractivity contribution in [2.45, 2.75) is 32.6 Å². The highest BCUT2D eigenvalue weighted by Crippen LogP contribution is 2.10. The van der Waals surface area contributed by atoms with E-state index < -0.39 is 0 Å². The van der Waals surface area contributed by atoms with Crippen LogP contribution in [0.15, 0.2) is 12.4 Å². The van der Waals surface area contributed by atoms with Gasteiger partial charge in [-0.15, -0.1) is 0 Å². The van der Waals surface area contributed by atoms with Gasteiger partial charge in [-0.2, -0.15) is 0 Å². The van der Waals surface area contributed by atoms with E-state index in [1.807, 2.05) is 6.07 Å². The minimum atomic E-state index is 0.900. The summed E-state index contributed by atoms with van der Waals surface area (Å²) >= 11 is 0. The molecule has 2 N–H and O–H groups in total. The van der Waals surface area contributed by atoms with Crippen molar-refractivity contribution in [1.29, 1.82) is 0 Å². The molecule has 0 radical (unpaired) electrons. The third kappa shape index (κ3) is 5.03. The Labute approximate surface area is 115 Å². The summed E-state index contributed by atoms with van der Waals surface area (Å²) < 4.78 is 0. The molecule has 1 aliphatic rings. The standard InChI is InChI=1S/C14H25N5/c1-2-6-15-13-11-14(18-12-17-13)16-7-10-19-8-4-3-5-9-19/h11-12H,2-10H2,1H3,(H2,15,16,17,18). The molecule has 0 saturated carbocycles. The monoisotopic (exact) mass is 263 g/mol. The van der Waals surface area contributed by atoms with Crippen LogP contribution in [0.5, 0.6) is 0 Å². The summed E-state index contributed by atoms with van der Waals surface area (Å²) in [4.78, 5) is 11.0. The third-order valence-electron chi connectivity index (χ3n) is 3.41. The van der Waals surface area contributed by atoms with Crippen molar-refractivity contribution in [3.05, 3.63) is 12.4 Å². The Morgan fingerprint density at radius 3 is 2.42 bits per heavy atom. The first-order valence-corrected chi connectivity index (χ1v) is 7.40. The normalized spacial score (nSPS) is 16.3. The fraction of sp³-hybridized carbons (Fsp3) is 0.714. The average Bonchev–Trinajstić information content (AvgIpc) is 2.47. The van der Waals surface area contributed by atoms with Crippen molar-refractivity contribution in [3.63, 3.8) is 0 Å². The molecule has 1 fully saturated rings. The number of hydrogen-bond donors (Lipinski definition) is 2. The number of likely N-dealkylation sites (tertiary alicyclic amines) is 1. The lowest BCUT2D eigenvalue weighted by Gasteiger charge is -2.26. The van der Waals surface area contributed by atoms with Gasteiger partial charge in [0.25, 0.3) is 0 Å². The van der Waals surface area contributed by atoms with Crippen LogP contribution in [0.1, 0.15) is 32.6 Å². The number of anilines is 2. The van der Waals surface area contributed by atoms with E-state index >= 15 is 0 Å². The summed E-state index contributed by atoms with van der Waals surface area (Å²) in [5, 5.41) is 6.65. The molecule has 0 amide bonds. The summed E-state index contributed by atoms with van der Waals surface area (Å²) in [6.45, 7) is 7.63. The number of hydrogen-bond acceptors (Lipinski definition) is 5. The molecule has 106 valence electrons. The van der Waals surface area contributed by atoms with Gasteiger partial charge in [0.2, 0.25) is 0 Å². The Kier molecular flexibility index (Phi) is 5.88. The predicted molar refractivity (Wildman–Crippen MR) is 79.6 cm³/mol. The fourth-order valence-electron chi connectivity index (χ4n) is 2.33. The molecule has 0 atom stereocenters. The number of aromatic nitrogens is 2. The lowest BCUT2D eigenvalue weighted by atomic mass is 10.1. The van der Waals surface area contributed by atoms with Gasteiger partial charge in [0, 0.05) is 25.7 Å². The lowest BCUT2D eigenvalue weighted by molar-refractivity contribution is 0.237. The van der Waals surface area contributed by atoms with Gasteiger partial charge in [0.15, 0.2) is 0 Å². The molecule has 1 aliphatic heterocycles. The van der Waals surface area contributed by atoms with Crippen molar-refractivity contribution in [1.82, 2.24) is 14.9 Å². The van der Waals surface area contributed by atoms with Gasteiger partial charge < -0.3 is 15.5 Å². The molecule has 2 rings (SSSR count). The van der Waals surface area contributed by atoms with Crippen LogP contribution in [0.2, 0.25) is 0 Å². The van der Waals surface area contributed by atoms with Crippen LogP contribution in [0.4, 0.5) is 11.6 Å². The second-order valence-electron chi connectivity index (χ2n) is 5.04. The van der Waals surface area contributed by atoms with Crippen LogP contribution in [0.25, 0.3) is 0 Å². The topological polar surface area (TPSA) is 53.1 Å². The van der Waals surface area contributed by atoms with Gasteiger partial charge in [-0.25, -0.2) is 9.97 Å².